The number of halogens is 3. The zero-order valence-electron chi connectivity index (χ0n) is 13.8. The maximum Gasteiger partial charge on any atom is 0.161 e. The van der Waals surface area contributed by atoms with Gasteiger partial charge in [0.05, 0.1) is 5.60 Å². The first-order chi connectivity index (χ1) is 12.0. The number of hydrogen-bond acceptors (Lipinski definition) is 2. The number of hydrogen-bond donors (Lipinski definition) is 1. The molecule has 1 N–H and O–H groups in total. The minimum Gasteiger partial charge on any atom is -0.385 e. The molecule has 2 nitrogen and oxygen atoms in total. The van der Waals surface area contributed by atoms with Gasteiger partial charge in [-0.15, -0.1) is 0 Å². The van der Waals surface area contributed by atoms with Crippen molar-refractivity contribution in [1.29, 1.82) is 0 Å². The summed E-state index contributed by atoms with van der Waals surface area (Å²) in [5.74, 6) is -3.23. The Bertz CT molecular complexity index is 766. The summed E-state index contributed by atoms with van der Waals surface area (Å²) in [5.41, 5.74) is -0.371. The summed E-state index contributed by atoms with van der Waals surface area (Å²) >= 11 is 0. The van der Waals surface area contributed by atoms with Crippen LogP contribution >= 0.6 is 0 Å². The molecule has 0 radical (unpaired) electrons. The average molecular weight is 347 g/mol. The van der Waals surface area contributed by atoms with Crippen molar-refractivity contribution in [3.63, 3.8) is 0 Å². The number of rotatable bonds is 3. The summed E-state index contributed by atoms with van der Waals surface area (Å²) in [7, 11) is 0. The maximum absolute atomic E-state index is 14.2. The molecule has 2 aromatic rings. The Kier molecular flexibility index (Phi) is 4.08. The van der Waals surface area contributed by atoms with Gasteiger partial charge in [-0.2, -0.15) is 0 Å². The van der Waals surface area contributed by atoms with E-state index in [-0.39, 0.29) is 17.6 Å². The van der Waals surface area contributed by atoms with Crippen LogP contribution in [0.3, 0.4) is 0 Å². The van der Waals surface area contributed by atoms with Crippen molar-refractivity contribution in [1.82, 2.24) is 4.90 Å². The lowest BCUT2D eigenvalue weighted by atomic mass is 9.80. The molecular weight excluding hydrogens is 327 g/mol. The maximum atomic E-state index is 14.2. The third kappa shape index (κ3) is 2.96. The molecule has 2 unspecified atom stereocenters. The summed E-state index contributed by atoms with van der Waals surface area (Å²) < 4.78 is 41.0. The van der Waals surface area contributed by atoms with E-state index in [1.807, 2.05) is 18.2 Å². The highest BCUT2D eigenvalue weighted by molar-refractivity contribution is 5.28. The lowest BCUT2D eigenvalue weighted by Gasteiger charge is -2.44. The van der Waals surface area contributed by atoms with E-state index >= 15 is 0 Å². The zero-order valence-corrected chi connectivity index (χ0v) is 13.8. The van der Waals surface area contributed by atoms with Crippen LogP contribution in [0.1, 0.15) is 36.8 Å². The Morgan fingerprint density at radius 1 is 0.920 bits per heavy atom. The van der Waals surface area contributed by atoms with Crippen LogP contribution in [0.2, 0.25) is 0 Å². The van der Waals surface area contributed by atoms with Crippen LogP contribution in [0.15, 0.2) is 42.5 Å². The van der Waals surface area contributed by atoms with Gasteiger partial charge in [0, 0.05) is 30.3 Å². The minimum absolute atomic E-state index is 0.108. The largest absolute Gasteiger partial charge is 0.385 e. The van der Waals surface area contributed by atoms with Gasteiger partial charge in [0.15, 0.2) is 11.6 Å². The van der Waals surface area contributed by atoms with E-state index in [1.165, 1.54) is 5.56 Å². The Morgan fingerprint density at radius 3 is 2.16 bits per heavy atom. The molecule has 0 spiro atoms. The number of aliphatic hydroxyl groups is 1. The Hall–Kier alpha value is -1.85. The first kappa shape index (κ1) is 16.6. The van der Waals surface area contributed by atoms with Gasteiger partial charge < -0.3 is 5.11 Å². The molecule has 0 aromatic heterocycles. The number of nitrogens with zero attached hydrogens (tertiary/aromatic N) is 1. The molecule has 0 aliphatic carbocycles. The molecule has 2 aromatic carbocycles. The molecule has 2 aliphatic heterocycles. The monoisotopic (exact) mass is 347 g/mol. The zero-order chi connectivity index (χ0) is 17.6. The van der Waals surface area contributed by atoms with Crippen LogP contribution in [0.4, 0.5) is 13.2 Å². The summed E-state index contributed by atoms with van der Waals surface area (Å²) in [6, 6.07) is 11.6. The summed E-state index contributed by atoms with van der Waals surface area (Å²) in [4.78, 5) is 2.35. The standard InChI is InChI=1S/C20H20F3NO/c21-17-9-19(23)18(22)8-16(17)20(25)10-14-6-7-15(11-20)24(14)12-13-4-2-1-3-5-13/h1-5,8-9,14-15,25H,6-7,10-12H2. The number of fused-ring (bicyclic) bond motifs is 2. The Morgan fingerprint density at radius 2 is 1.52 bits per heavy atom. The van der Waals surface area contributed by atoms with Crippen LogP contribution < -0.4 is 0 Å². The first-order valence-corrected chi connectivity index (χ1v) is 8.63. The van der Waals surface area contributed by atoms with E-state index < -0.39 is 23.1 Å². The van der Waals surface area contributed by atoms with Gasteiger partial charge in [-0.05, 0) is 37.3 Å². The van der Waals surface area contributed by atoms with Crippen molar-refractivity contribution < 1.29 is 18.3 Å². The van der Waals surface area contributed by atoms with Gasteiger partial charge in [0.25, 0.3) is 0 Å². The lowest BCUT2D eigenvalue weighted by Crippen LogP contribution is -2.49. The van der Waals surface area contributed by atoms with E-state index in [4.69, 9.17) is 0 Å². The number of piperidine rings is 1. The SMILES string of the molecule is OC1(c2cc(F)c(F)cc2F)CC2CCC(C1)N2Cc1ccccc1. The molecule has 25 heavy (non-hydrogen) atoms. The smallest absolute Gasteiger partial charge is 0.161 e. The fourth-order valence-corrected chi connectivity index (χ4v) is 4.47. The van der Waals surface area contributed by atoms with E-state index in [2.05, 4.69) is 17.0 Å². The summed E-state index contributed by atoms with van der Waals surface area (Å²) in [6.07, 6.45) is 2.51. The van der Waals surface area contributed by atoms with Gasteiger partial charge in [-0.25, -0.2) is 13.2 Å². The minimum atomic E-state index is -1.45. The van der Waals surface area contributed by atoms with Crippen LogP contribution in [-0.4, -0.2) is 22.1 Å². The number of benzene rings is 2. The highest BCUT2D eigenvalue weighted by atomic mass is 19.2. The third-order valence-corrected chi connectivity index (χ3v) is 5.64. The van der Waals surface area contributed by atoms with Crippen LogP contribution in [-0.2, 0) is 12.1 Å². The van der Waals surface area contributed by atoms with Gasteiger partial charge in [-0.1, -0.05) is 30.3 Å². The van der Waals surface area contributed by atoms with Crippen molar-refractivity contribution in [2.75, 3.05) is 0 Å². The van der Waals surface area contributed by atoms with Gasteiger partial charge in [0.1, 0.15) is 5.82 Å². The molecule has 2 saturated heterocycles. The predicted molar refractivity (Wildman–Crippen MR) is 88.2 cm³/mol. The first-order valence-electron chi connectivity index (χ1n) is 8.63. The second-order valence-electron chi connectivity index (χ2n) is 7.23. The molecule has 5 heteroatoms. The molecule has 0 saturated carbocycles. The lowest BCUT2D eigenvalue weighted by molar-refractivity contribution is -0.0618. The molecule has 2 aliphatic rings. The fraction of sp³-hybridized carbons (Fsp3) is 0.400. The van der Waals surface area contributed by atoms with Crippen LogP contribution in [0.5, 0.6) is 0 Å². The van der Waals surface area contributed by atoms with Crippen LogP contribution in [0.25, 0.3) is 0 Å². The normalized spacial score (nSPS) is 29.1. The van der Waals surface area contributed by atoms with Crippen molar-refractivity contribution in [2.45, 2.75) is 49.9 Å². The molecule has 2 bridgehead atoms. The van der Waals surface area contributed by atoms with Crippen molar-refractivity contribution in [3.8, 4) is 0 Å². The predicted octanol–water partition coefficient (Wildman–Crippen LogP) is 4.12. The summed E-state index contributed by atoms with van der Waals surface area (Å²) in [6.45, 7) is 0.784. The summed E-state index contributed by atoms with van der Waals surface area (Å²) in [5, 5.41) is 11.0. The van der Waals surface area contributed by atoms with Gasteiger partial charge in [0.2, 0.25) is 0 Å². The van der Waals surface area contributed by atoms with Crippen molar-refractivity contribution in [2.24, 2.45) is 0 Å². The molecule has 2 atom stereocenters. The molecule has 2 heterocycles. The molecule has 132 valence electrons. The highest BCUT2D eigenvalue weighted by Gasteiger charge is 2.49. The molecule has 0 amide bonds. The van der Waals surface area contributed by atoms with E-state index in [9.17, 15) is 18.3 Å². The van der Waals surface area contributed by atoms with Gasteiger partial charge >= 0.3 is 0 Å². The molecule has 2 fully saturated rings. The van der Waals surface area contributed by atoms with E-state index in [0.717, 1.165) is 25.5 Å². The highest BCUT2D eigenvalue weighted by Crippen LogP contribution is 2.47. The molecular formula is C20H20F3NO. The van der Waals surface area contributed by atoms with E-state index in [1.54, 1.807) is 0 Å². The quantitative estimate of drug-likeness (QED) is 0.845. The average Bonchev–Trinajstić information content (AvgIpc) is 2.83. The second kappa shape index (κ2) is 6.15. The Balaban J connectivity index is 1.59. The second-order valence-corrected chi connectivity index (χ2v) is 7.23. The van der Waals surface area contributed by atoms with Crippen molar-refractivity contribution >= 4 is 0 Å². The topological polar surface area (TPSA) is 23.5 Å². The van der Waals surface area contributed by atoms with E-state index in [0.29, 0.717) is 18.9 Å². The van der Waals surface area contributed by atoms with Crippen molar-refractivity contribution in [3.05, 3.63) is 71.0 Å². The fourth-order valence-electron chi connectivity index (χ4n) is 4.47. The third-order valence-electron chi connectivity index (χ3n) is 5.64. The van der Waals surface area contributed by atoms with Crippen LogP contribution in [0, 0.1) is 17.5 Å². The molecule has 4 rings (SSSR count). The Labute approximate surface area is 144 Å². The van der Waals surface area contributed by atoms with Gasteiger partial charge in [-0.3, -0.25) is 4.90 Å².